The van der Waals surface area contributed by atoms with Crippen molar-refractivity contribution in [1.82, 2.24) is 16.0 Å². The minimum atomic E-state index is 0. The highest BCUT2D eigenvalue weighted by Crippen LogP contribution is 2.11. The molecule has 0 aromatic rings. The Kier molecular flexibility index (Phi) is 12.0. The number of hydrogen-bond donors (Lipinski definition) is 3. The maximum absolute atomic E-state index is 3.43. The van der Waals surface area contributed by atoms with E-state index in [0.29, 0.717) is 6.17 Å². The van der Waals surface area contributed by atoms with Crippen LogP contribution in [0.3, 0.4) is 0 Å². The molecule has 2 atom stereocenters. The van der Waals surface area contributed by atoms with E-state index in [2.05, 4.69) is 43.6 Å². The molecule has 2 unspecified atom stereocenters. The average Bonchev–Trinajstić information content (AvgIpc) is 2.28. The second-order valence-corrected chi connectivity index (χ2v) is 5.64. The number of piperidine rings is 1. The number of nitrogens with one attached hydrogen (secondary N) is 3. The molecule has 2 aliphatic heterocycles. The SMILES string of the molecule is CC1CCC(C)NC1.CC1CNC(C)NC1.O.O. The van der Waals surface area contributed by atoms with Crippen LogP contribution in [0, 0.1) is 11.8 Å². The first-order valence-corrected chi connectivity index (χ1v) is 6.78. The first-order valence-electron chi connectivity index (χ1n) is 6.78. The van der Waals surface area contributed by atoms with Crippen molar-refractivity contribution < 1.29 is 11.0 Å². The van der Waals surface area contributed by atoms with Crippen LogP contribution in [0.1, 0.15) is 40.5 Å². The van der Waals surface area contributed by atoms with E-state index in [1.165, 1.54) is 19.4 Å². The lowest BCUT2D eigenvalue weighted by Gasteiger charge is -2.26. The normalized spacial score (nSPS) is 35.3. The van der Waals surface area contributed by atoms with Crippen LogP contribution >= 0.6 is 0 Å². The molecule has 112 valence electrons. The molecule has 18 heavy (non-hydrogen) atoms. The predicted molar refractivity (Wildman–Crippen MR) is 77.7 cm³/mol. The van der Waals surface area contributed by atoms with Crippen LogP contribution in [-0.2, 0) is 0 Å². The highest BCUT2D eigenvalue weighted by atomic mass is 16.0. The highest BCUT2D eigenvalue weighted by Gasteiger charge is 2.12. The van der Waals surface area contributed by atoms with Gasteiger partial charge in [0.05, 0.1) is 6.17 Å². The molecule has 0 aromatic heterocycles. The van der Waals surface area contributed by atoms with Crippen molar-refractivity contribution in [2.24, 2.45) is 11.8 Å². The van der Waals surface area contributed by atoms with Crippen molar-refractivity contribution in [2.45, 2.75) is 52.7 Å². The third-order valence-electron chi connectivity index (χ3n) is 3.45. The Balaban J connectivity index is 0. The van der Waals surface area contributed by atoms with Gasteiger partial charge in [0, 0.05) is 19.1 Å². The molecule has 2 saturated heterocycles. The summed E-state index contributed by atoms with van der Waals surface area (Å²) >= 11 is 0. The Labute approximate surface area is 112 Å². The predicted octanol–water partition coefficient (Wildman–Crippen LogP) is -0.0937. The van der Waals surface area contributed by atoms with Gasteiger partial charge >= 0.3 is 0 Å². The second-order valence-electron chi connectivity index (χ2n) is 5.64. The lowest BCUT2D eigenvalue weighted by atomic mass is 9.98. The molecule has 2 rings (SSSR count). The van der Waals surface area contributed by atoms with Gasteiger partial charge in [-0.3, -0.25) is 0 Å². The Bertz CT molecular complexity index is 137. The van der Waals surface area contributed by atoms with Crippen LogP contribution in [0.15, 0.2) is 0 Å². The summed E-state index contributed by atoms with van der Waals surface area (Å²) < 4.78 is 0. The minimum Gasteiger partial charge on any atom is -0.412 e. The van der Waals surface area contributed by atoms with Crippen molar-refractivity contribution >= 4 is 0 Å². The molecule has 5 nitrogen and oxygen atoms in total. The van der Waals surface area contributed by atoms with Crippen LogP contribution in [0.4, 0.5) is 0 Å². The summed E-state index contributed by atoms with van der Waals surface area (Å²) in [5, 5.41) is 10.1. The van der Waals surface area contributed by atoms with Gasteiger partial charge in [-0.05, 0) is 45.1 Å². The van der Waals surface area contributed by atoms with Gasteiger partial charge in [-0.15, -0.1) is 0 Å². The van der Waals surface area contributed by atoms with E-state index in [-0.39, 0.29) is 11.0 Å². The van der Waals surface area contributed by atoms with E-state index in [9.17, 15) is 0 Å². The topological polar surface area (TPSA) is 99.1 Å². The molecule has 7 N–H and O–H groups in total. The first kappa shape index (κ1) is 20.1. The molecule has 0 spiro atoms. The fraction of sp³-hybridized carbons (Fsp3) is 1.00. The van der Waals surface area contributed by atoms with Crippen molar-refractivity contribution in [3.05, 3.63) is 0 Å². The Morgan fingerprint density at radius 2 is 1.17 bits per heavy atom. The molecular weight excluding hydrogens is 230 g/mol. The summed E-state index contributed by atoms with van der Waals surface area (Å²) in [5.41, 5.74) is 0. The zero-order valence-corrected chi connectivity index (χ0v) is 12.3. The van der Waals surface area contributed by atoms with Gasteiger partial charge < -0.3 is 26.9 Å². The summed E-state index contributed by atoms with van der Waals surface area (Å²) in [6.07, 6.45) is 3.29. The molecule has 5 heteroatoms. The van der Waals surface area contributed by atoms with E-state index in [0.717, 1.165) is 31.0 Å². The van der Waals surface area contributed by atoms with Gasteiger partial charge in [0.15, 0.2) is 0 Å². The summed E-state index contributed by atoms with van der Waals surface area (Å²) in [5.74, 6) is 1.71. The summed E-state index contributed by atoms with van der Waals surface area (Å²) in [6.45, 7) is 12.5. The average molecular weight is 263 g/mol. The fourth-order valence-corrected chi connectivity index (χ4v) is 2.04. The minimum absolute atomic E-state index is 0. The van der Waals surface area contributed by atoms with E-state index < -0.39 is 0 Å². The van der Waals surface area contributed by atoms with E-state index in [4.69, 9.17) is 0 Å². The Morgan fingerprint density at radius 1 is 0.667 bits per heavy atom. The lowest BCUT2D eigenvalue weighted by Crippen LogP contribution is -2.50. The molecule has 0 aliphatic carbocycles. The maximum Gasteiger partial charge on any atom is 0.0542 e. The summed E-state index contributed by atoms with van der Waals surface area (Å²) in [6, 6.07) is 0.770. The van der Waals surface area contributed by atoms with Gasteiger partial charge in [0.25, 0.3) is 0 Å². The zero-order chi connectivity index (χ0) is 12.0. The molecule has 2 fully saturated rings. The van der Waals surface area contributed by atoms with Crippen molar-refractivity contribution in [3.8, 4) is 0 Å². The quantitative estimate of drug-likeness (QED) is 0.569. The van der Waals surface area contributed by atoms with E-state index >= 15 is 0 Å². The van der Waals surface area contributed by atoms with Gasteiger partial charge in [-0.1, -0.05) is 13.8 Å². The van der Waals surface area contributed by atoms with Crippen molar-refractivity contribution in [3.63, 3.8) is 0 Å². The first-order chi connectivity index (χ1) is 7.58. The third kappa shape index (κ3) is 8.83. The fourth-order valence-electron chi connectivity index (χ4n) is 2.04. The van der Waals surface area contributed by atoms with Gasteiger partial charge in [0.1, 0.15) is 0 Å². The molecule has 0 radical (unpaired) electrons. The largest absolute Gasteiger partial charge is 0.412 e. The third-order valence-corrected chi connectivity index (χ3v) is 3.45. The second kappa shape index (κ2) is 10.7. The highest BCUT2D eigenvalue weighted by molar-refractivity contribution is 4.71. The molecule has 0 saturated carbocycles. The van der Waals surface area contributed by atoms with Crippen LogP contribution in [0.5, 0.6) is 0 Å². The molecule has 0 amide bonds. The molecular formula is C13H33N3O2. The molecule has 0 aromatic carbocycles. The van der Waals surface area contributed by atoms with Gasteiger partial charge in [-0.25, -0.2) is 0 Å². The molecule has 2 heterocycles. The van der Waals surface area contributed by atoms with Crippen LogP contribution in [0.25, 0.3) is 0 Å². The monoisotopic (exact) mass is 263 g/mol. The molecule has 2 aliphatic rings. The number of rotatable bonds is 0. The number of hydrogen-bond acceptors (Lipinski definition) is 3. The summed E-state index contributed by atoms with van der Waals surface area (Å²) in [4.78, 5) is 0. The van der Waals surface area contributed by atoms with Crippen LogP contribution in [0.2, 0.25) is 0 Å². The van der Waals surface area contributed by atoms with Crippen LogP contribution < -0.4 is 16.0 Å². The smallest absolute Gasteiger partial charge is 0.0542 e. The van der Waals surface area contributed by atoms with Crippen molar-refractivity contribution in [1.29, 1.82) is 0 Å². The Morgan fingerprint density at radius 3 is 1.50 bits per heavy atom. The molecule has 0 bridgehead atoms. The van der Waals surface area contributed by atoms with E-state index in [1.54, 1.807) is 0 Å². The standard InChI is InChI=1S/C7H15N.C6H14N2.2H2O/c1-6-3-4-7(2)8-5-6;1-5-3-7-6(2)8-4-5;;/h6-8H,3-5H2,1-2H3;5-8H,3-4H2,1-2H3;2*1H2. The van der Waals surface area contributed by atoms with E-state index in [1.807, 2.05) is 0 Å². The van der Waals surface area contributed by atoms with Gasteiger partial charge in [0.2, 0.25) is 0 Å². The lowest BCUT2D eigenvalue weighted by molar-refractivity contribution is 0.325. The van der Waals surface area contributed by atoms with Crippen molar-refractivity contribution in [2.75, 3.05) is 19.6 Å². The zero-order valence-electron chi connectivity index (χ0n) is 12.3. The summed E-state index contributed by atoms with van der Waals surface area (Å²) in [7, 11) is 0. The van der Waals surface area contributed by atoms with Crippen LogP contribution in [-0.4, -0.2) is 42.8 Å². The Hall–Kier alpha value is -0.200. The van der Waals surface area contributed by atoms with Gasteiger partial charge in [-0.2, -0.15) is 0 Å². The maximum atomic E-state index is 3.43.